The zero-order valence-electron chi connectivity index (χ0n) is 21.5. The molecule has 5 rings (SSSR count). The van der Waals surface area contributed by atoms with E-state index in [0.717, 1.165) is 32.7 Å². The van der Waals surface area contributed by atoms with Crippen molar-refractivity contribution in [3.05, 3.63) is 46.7 Å². The SMILES string of the molecule is CCC(C(=O)N1CCC[C@@H]1C(F)(F)F)n1cc(C)c(Nc2ncc(C(=O)Nc3c(C)ccc4[nH]ncc34)s2)n1. The van der Waals surface area contributed by atoms with Crippen molar-refractivity contribution in [3.63, 3.8) is 0 Å². The molecule has 4 aromatic rings. The lowest BCUT2D eigenvalue weighted by atomic mass is 10.1. The van der Waals surface area contributed by atoms with Crippen LogP contribution < -0.4 is 10.6 Å². The van der Waals surface area contributed by atoms with Crippen molar-refractivity contribution in [3.8, 4) is 0 Å². The summed E-state index contributed by atoms with van der Waals surface area (Å²) in [6, 6.07) is 1.14. The van der Waals surface area contributed by atoms with Crippen LogP contribution in [0, 0.1) is 13.8 Å². The minimum Gasteiger partial charge on any atom is -0.329 e. The van der Waals surface area contributed by atoms with Gasteiger partial charge < -0.3 is 15.5 Å². The number of amides is 2. The summed E-state index contributed by atoms with van der Waals surface area (Å²) < 4.78 is 41.7. The third-order valence-corrected chi connectivity index (χ3v) is 7.76. The van der Waals surface area contributed by atoms with Crippen molar-refractivity contribution < 1.29 is 22.8 Å². The summed E-state index contributed by atoms with van der Waals surface area (Å²) in [5.41, 5.74) is 3.02. The van der Waals surface area contributed by atoms with E-state index < -0.39 is 24.2 Å². The molecule has 2 amide bonds. The van der Waals surface area contributed by atoms with Crippen molar-refractivity contribution in [1.82, 2.24) is 29.9 Å². The lowest BCUT2D eigenvalue weighted by molar-refractivity contribution is -0.184. The Morgan fingerprint density at radius 3 is 2.77 bits per heavy atom. The van der Waals surface area contributed by atoms with Gasteiger partial charge in [0.1, 0.15) is 17.0 Å². The number of aromatic amines is 1. The van der Waals surface area contributed by atoms with Crippen LogP contribution in [0.2, 0.25) is 0 Å². The zero-order valence-corrected chi connectivity index (χ0v) is 22.3. The smallest absolute Gasteiger partial charge is 0.329 e. The first kappa shape index (κ1) is 26.7. The second kappa shape index (κ2) is 10.3. The number of hydrogen-bond donors (Lipinski definition) is 3. The molecule has 14 heteroatoms. The summed E-state index contributed by atoms with van der Waals surface area (Å²) in [6.07, 6.45) is 0.769. The predicted molar refractivity (Wildman–Crippen MR) is 141 cm³/mol. The number of aromatic nitrogens is 5. The topological polar surface area (TPSA) is 121 Å². The number of carbonyl (C=O) groups excluding carboxylic acids is 2. The van der Waals surface area contributed by atoms with E-state index in [2.05, 4.69) is 30.9 Å². The minimum atomic E-state index is -4.46. The highest BCUT2D eigenvalue weighted by Gasteiger charge is 2.48. The third-order valence-electron chi connectivity index (χ3n) is 6.85. The molecular formula is C25H27F3N8O2S. The number of anilines is 3. The molecule has 2 atom stereocenters. The average molecular weight is 561 g/mol. The van der Waals surface area contributed by atoms with Gasteiger partial charge in [0.2, 0.25) is 5.91 Å². The first-order valence-electron chi connectivity index (χ1n) is 12.5. The fourth-order valence-electron chi connectivity index (χ4n) is 4.81. The standard InChI is InChI=1S/C25H27F3N8O2S/c1-4-17(23(38)35-9-5-6-19(35)25(26,27)28)36-12-14(3)21(34-36)32-24-29-11-18(39-24)22(37)31-20-13(2)7-8-16-15(20)10-30-33-16/h7-8,10-12,17,19H,4-6,9H2,1-3H3,(H,30,33)(H,31,37)(H,29,32,34)/t17?,19-/m1/s1. The second-order valence-electron chi connectivity index (χ2n) is 9.49. The monoisotopic (exact) mass is 560 g/mol. The fraction of sp³-hybridized carbons (Fsp3) is 0.400. The molecule has 1 unspecified atom stereocenters. The van der Waals surface area contributed by atoms with Gasteiger partial charge in [0.05, 0.1) is 23.6 Å². The molecule has 1 aliphatic rings. The van der Waals surface area contributed by atoms with E-state index in [1.165, 1.54) is 10.9 Å². The molecule has 4 heterocycles. The molecule has 0 spiro atoms. The quantitative estimate of drug-likeness (QED) is 0.281. The summed E-state index contributed by atoms with van der Waals surface area (Å²) in [5, 5.41) is 18.6. The lowest BCUT2D eigenvalue weighted by Gasteiger charge is -2.29. The number of alkyl halides is 3. The number of halogens is 3. The van der Waals surface area contributed by atoms with Gasteiger partial charge in [0, 0.05) is 23.7 Å². The largest absolute Gasteiger partial charge is 0.408 e. The van der Waals surface area contributed by atoms with Crippen LogP contribution in [0.25, 0.3) is 10.9 Å². The van der Waals surface area contributed by atoms with Crippen LogP contribution in [0.1, 0.15) is 53.0 Å². The van der Waals surface area contributed by atoms with E-state index in [4.69, 9.17) is 0 Å². The van der Waals surface area contributed by atoms with E-state index >= 15 is 0 Å². The number of aryl methyl sites for hydroxylation is 2. The number of carbonyl (C=O) groups is 2. The number of nitrogens with zero attached hydrogens (tertiary/aromatic N) is 5. The normalized spacial score (nSPS) is 16.6. The van der Waals surface area contributed by atoms with Gasteiger partial charge >= 0.3 is 6.18 Å². The maximum Gasteiger partial charge on any atom is 0.408 e. The van der Waals surface area contributed by atoms with Crippen molar-refractivity contribution in [2.24, 2.45) is 0 Å². The van der Waals surface area contributed by atoms with E-state index in [1.54, 1.807) is 26.2 Å². The number of H-pyrrole nitrogens is 1. The van der Waals surface area contributed by atoms with E-state index in [-0.39, 0.29) is 25.3 Å². The molecule has 10 nitrogen and oxygen atoms in total. The fourth-order valence-corrected chi connectivity index (χ4v) is 5.52. The molecule has 0 radical (unpaired) electrons. The van der Waals surface area contributed by atoms with E-state index in [0.29, 0.717) is 33.5 Å². The summed E-state index contributed by atoms with van der Waals surface area (Å²) in [5.74, 6) is -0.529. The van der Waals surface area contributed by atoms with Gasteiger partial charge in [-0.2, -0.15) is 23.4 Å². The molecule has 206 valence electrons. The Labute approximate surface area is 225 Å². The Morgan fingerprint density at radius 1 is 1.23 bits per heavy atom. The Hall–Kier alpha value is -3.94. The number of likely N-dealkylation sites (tertiary alicyclic amines) is 1. The van der Waals surface area contributed by atoms with Crippen molar-refractivity contribution >= 4 is 50.7 Å². The summed E-state index contributed by atoms with van der Waals surface area (Å²) in [6.45, 7) is 5.47. The highest BCUT2D eigenvalue weighted by Crippen LogP contribution is 2.35. The van der Waals surface area contributed by atoms with Crippen LogP contribution >= 0.6 is 11.3 Å². The van der Waals surface area contributed by atoms with Crippen LogP contribution in [0.5, 0.6) is 0 Å². The van der Waals surface area contributed by atoms with Crippen LogP contribution in [0.15, 0.2) is 30.7 Å². The lowest BCUT2D eigenvalue weighted by Crippen LogP contribution is -2.47. The Kier molecular flexibility index (Phi) is 7.05. The first-order chi connectivity index (χ1) is 18.6. The third kappa shape index (κ3) is 5.20. The number of rotatable bonds is 7. The summed E-state index contributed by atoms with van der Waals surface area (Å²) in [7, 11) is 0. The van der Waals surface area contributed by atoms with Gasteiger partial charge in [-0.15, -0.1) is 0 Å². The molecule has 1 fully saturated rings. The van der Waals surface area contributed by atoms with Crippen LogP contribution in [0.3, 0.4) is 0 Å². The number of nitrogens with one attached hydrogen (secondary N) is 3. The number of benzene rings is 1. The highest BCUT2D eigenvalue weighted by atomic mass is 32.1. The molecule has 1 aromatic carbocycles. The van der Waals surface area contributed by atoms with Crippen molar-refractivity contribution in [2.75, 3.05) is 17.2 Å². The van der Waals surface area contributed by atoms with Gasteiger partial charge in [0.15, 0.2) is 10.9 Å². The van der Waals surface area contributed by atoms with Crippen molar-refractivity contribution in [2.45, 2.75) is 58.3 Å². The Bertz CT molecular complexity index is 1530. The highest BCUT2D eigenvalue weighted by molar-refractivity contribution is 7.17. The maximum atomic E-state index is 13.4. The molecule has 0 saturated carbocycles. The van der Waals surface area contributed by atoms with Gasteiger partial charge in [-0.25, -0.2) is 4.98 Å². The first-order valence-corrected chi connectivity index (χ1v) is 13.3. The van der Waals surface area contributed by atoms with Crippen LogP contribution in [-0.4, -0.2) is 60.4 Å². The van der Waals surface area contributed by atoms with Crippen LogP contribution in [-0.2, 0) is 4.79 Å². The Balaban J connectivity index is 1.30. The van der Waals surface area contributed by atoms with Gasteiger partial charge in [0.25, 0.3) is 5.91 Å². The molecule has 0 aliphatic carbocycles. The average Bonchev–Trinajstić information content (AvgIpc) is 3.68. The summed E-state index contributed by atoms with van der Waals surface area (Å²) in [4.78, 5) is 31.6. The van der Waals surface area contributed by atoms with E-state index in [9.17, 15) is 22.8 Å². The number of fused-ring (bicyclic) bond motifs is 1. The number of hydrogen-bond acceptors (Lipinski definition) is 7. The molecule has 3 aromatic heterocycles. The minimum absolute atomic E-state index is 0.0729. The predicted octanol–water partition coefficient (Wildman–Crippen LogP) is 5.33. The van der Waals surface area contributed by atoms with Crippen molar-refractivity contribution in [1.29, 1.82) is 0 Å². The van der Waals surface area contributed by atoms with Gasteiger partial charge in [-0.3, -0.25) is 19.4 Å². The molecule has 0 bridgehead atoms. The molecular weight excluding hydrogens is 533 g/mol. The summed E-state index contributed by atoms with van der Waals surface area (Å²) >= 11 is 1.12. The molecule has 1 aliphatic heterocycles. The Morgan fingerprint density at radius 2 is 2.03 bits per heavy atom. The molecule has 39 heavy (non-hydrogen) atoms. The van der Waals surface area contributed by atoms with Crippen LogP contribution in [0.4, 0.5) is 29.8 Å². The molecule has 1 saturated heterocycles. The number of thiazole rings is 1. The zero-order chi connectivity index (χ0) is 27.9. The maximum absolute atomic E-state index is 13.4. The molecule has 3 N–H and O–H groups in total. The second-order valence-corrected chi connectivity index (χ2v) is 10.5. The van der Waals surface area contributed by atoms with Gasteiger partial charge in [-0.05, 0) is 44.7 Å². The van der Waals surface area contributed by atoms with Gasteiger partial charge in [-0.1, -0.05) is 24.3 Å². The van der Waals surface area contributed by atoms with E-state index in [1.807, 2.05) is 19.1 Å².